The smallest absolute Gasteiger partial charge is 0.0150 e. The summed E-state index contributed by atoms with van der Waals surface area (Å²) in [5.74, 6) is 3.09. The normalized spacial score (nSPS) is 23.5. The van der Waals surface area contributed by atoms with Crippen LogP contribution in [0.1, 0.15) is 136 Å². The highest BCUT2D eigenvalue weighted by atomic mass is 14.3. The molecule has 0 spiro atoms. The average molecular weight is 467 g/mol. The lowest BCUT2D eigenvalue weighted by molar-refractivity contribution is 0.441. The Morgan fingerprint density at radius 2 is 1.23 bits per heavy atom. The van der Waals surface area contributed by atoms with Gasteiger partial charge in [-0.15, -0.1) is 0 Å². The lowest BCUT2D eigenvalue weighted by atomic mass is 9.76. The first-order valence-corrected chi connectivity index (χ1v) is 14.4. The molecule has 186 valence electrons. The fourth-order valence-corrected chi connectivity index (χ4v) is 6.45. The van der Waals surface area contributed by atoms with E-state index in [-0.39, 0.29) is 0 Å². The van der Waals surface area contributed by atoms with Crippen molar-refractivity contribution in [3.8, 4) is 0 Å². The van der Waals surface area contributed by atoms with Crippen LogP contribution in [0.4, 0.5) is 0 Å². The van der Waals surface area contributed by atoms with Gasteiger partial charge in [0.2, 0.25) is 0 Å². The lowest BCUT2D eigenvalue weighted by Gasteiger charge is -2.28. The van der Waals surface area contributed by atoms with Crippen LogP contribution < -0.4 is 0 Å². The van der Waals surface area contributed by atoms with Crippen molar-refractivity contribution < 1.29 is 0 Å². The van der Waals surface area contributed by atoms with Gasteiger partial charge >= 0.3 is 0 Å². The zero-order valence-corrected chi connectivity index (χ0v) is 22.5. The van der Waals surface area contributed by atoms with Crippen LogP contribution in [0.2, 0.25) is 0 Å². The van der Waals surface area contributed by atoms with E-state index in [0.29, 0.717) is 29.6 Å². The molecule has 3 aromatic rings. The van der Waals surface area contributed by atoms with Gasteiger partial charge in [-0.3, -0.25) is 0 Å². The molecule has 0 radical (unpaired) electrons. The third-order valence-electron chi connectivity index (χ3n) is 8.84. The second-order valence-corrected chi connectivity index (χ2v) is 11.1. The van der Waals surface area contributed by atoms with Crippen LogP contribution in [0.5, 0.6) is 0 Å². The van der Waals surface area contributed by atoms with Crippen molar-refractivity contribution in [3.05, 3.63) is 107 Å². The van der Waals surface area contributed by atoms with Crippen molar-refractivity contribution in [3.63, 3.8) is 0 Å². The molecule has 0 amide bonds. The highest BCUT2D eigenvalue weighted by Gasteiger charge is 2.24. The molecule has 0 aliphatic heterocycles. The zero-order valence-electron chi connectivity index (χ0n) is 22.5. The van der Waals surface area contributed by atoms with Gasteiger partial charge in [0, 0.05) is 0 Å². The van der Waals surface area contributed by atoms with Crippen LogP contribution in [0.25, 0.3) is 0 Å². The third-order valence-corrected chi connectivity index (χ3v) is 8.84. The maximum atomic E-state index is 2.48. The van der Waals surface area contributed by atoms with E-state index in [4.69, 9.17) is 0 Å². The third kappa shape index (κ3) is 6.46. The van der Waals surface area contributed by atoms with Gasteiger partial charge in [0.25, 0.3) is 0 Å². The fraction of sp³-hybridized carbons (Fsp3) is 0.486. The minimum atomic E-state index is 0.578. The molecule has 3 aromatic carbocycles. The highest BCUT2D eigenvalue weighted by Crippen LogP contribution is 2.41. The lowest BCUT2D eigenvalue weighted by Crippen LogP contribution is -2.11. The summed E-state index contributed by atoms with van der Waals surface area (Å²) in [5, 5.41) is 0. The van der Waals surface area contributed by atoms with Gasteiger partial charge in [0.15, 0.2) is 0 Å². The Balaban J connectivity index is 1.73. The molecule has 4 bridgehead atoms. The Morgan fingerprint density at radius 3 is 1.80 bits per heavy atom. The average Bonchev–Trinajstić information content (AvgIpc) is 2.92. The molecule has 0 saturated heterocycles. The van der Waals surface area contributed by atoms with Crippen LogP contribution in [0, 0.1) is 0 Å². The van der Waals surface area contributed by atoms with E-state index in [1.54, 1.807) is 11.1 Å². The molecule has 35 heavy (non-hydrogen) atoms. The minimum Gasteiger partial charge on any atom is -0.0654 e. The first-order valence-electron chi connectivity index (χ1n) is 14.4. The summed E-state index contributed by atoms with van der Waals surface area (Å²) in [4.78, 5) is 0. The van der Waals surface area contributed by atoms with E-state index in [9.17, 15) is 0 Å². The molecule has 4 aliphatic carbocycles. The largest absolute Gasteiger partial charge is 0.0654 e. The zero-order chi connectivity index (χ0) is 24.6. The molecule has 0 nitrogen and oxygen atoms in total. The number of rotatable bonds is 7. The van der Waals surface area contributed by atoms with Crippen LogP contribution in [0.3, 0.4) is 0 Å². The van der Waals surface area contributed by atoms with Crippen molar-refractivity contribution in [2.45, 2.75) is 109 Å². The van der Waals surface area contributed by atoms with Gasteiger partial charge in [0.05, 0.1) is 0 Å². The first kappa shape index (κ1) is 25.7. The molecular weight excluding hydrogens is 420 g/mol. The molecule has 5 unspecified atom stereocenters. The SMILES string of the molecule is CCCC1CC(CC(CC)c2ccccc2)c2ccc(cc2)C(CC)CCC(C)c2ccc1cc2. The van der Waals surface area contributed by atoms with Gasteiger partial charge in [-0.1, -0.05) is 113 Å². The predicted octanol–water partition coefficient (Wildman–Crippen LogP) is 10.7. The van der Waals surface area contributed by atoms with Gasteiger partial charge in [-0.2, -0.15) is 0 Å². The van der Waals surface area contributed by atoms with Crippen LogP contribution in [-0.4, -0.2) is 0 Å². The molecule has 7 rings (SSSR count). The standard InChI is InChI=1S/C35H46/c1-5-11-34-25-35(24-28(7-3)30-12-9-8-10-13-30)33-22-20-31(21-23-33)27(6-2)15-14-26(4)29-16-18-32(34)19-17-29/h8-10,12-13,16-23,26-28,34-35H,5-7,11,14-15,24-25H2,1-4H3. The van der Waals surface area contributed by atoms with Gasteiger partial charge < -0.3 is 0 Å². The maximum Gasteiger partial charge on any atom is -0.0150 e. The maximum absolute atomic E-state index is 2.48. The molecule has 5 atom stereocenters. The van der Waals surface area contributed by atoms with E-state index >= 15 is 0 Å². The molecule has 0 fully saturated rings. The van der Waals surface area contributed by atoms with Crippen LogP contribution in [0.15, 0.2) is 78.9 Å². The predicted molar refractivity (Wildman–Crippen MR) is 153 cm³/mol. The van der Waals surface area contributed by atoms with Crippen LogP contribution in [-0.2, 0) is 0 Å². The van der Waals surface area contributed by atoms with Crippen molar-refractivity contribution in [2.24, 2.45) is 0 Å². The molecule has 0 heteroatoms. The summed E-state index contributed by atoms with van der Waals surface area (Å²) in [6.07, 6.45) is 9.92. The molecule has 0 N–H and O–H groups in total. The van der Waals surface area contributed by atoms with E-state index in [1.165, 1.54) is 68.1 Å². The summed E-state index contributed by atoms with van der Waals surface area (Å²) < 4.78 is 0. The van der Waals surface area contributed by atoms with Gasteiger partial charge in [-0.25, -0.2) is 0 Å². The first-order chi connectivity index (χ1) is 17.1. The molecule has 4 aliphatic rings. The second-order valence-electron chi connectivity index (χ2n) is 11.1. The van der Waals surface area contributed by atoms with Crippen molar-refractivity contribution in [1.82, 2.24) is 0 Å². The van der Waals surface area contributed by atoms with E-state index in [1.807, 2.05) is 0 Å². The molecule has 0 saturated carbocycles. The van der Waals surface area contributed by atoms with E-state index < -0.39 is 0 Å². The van der Waals surface area contributed by atoms with E-state index in [2.05, 4.69) is 107 Å². The monoisotopic (exact) mass is 466 g/mol. The quantitative estimate of drug-likeness (QED) is 0.325. The van der Waals surface area contributed by atoms with E-state index in [0.717, 1.165) is 0 Å². The second kappa shape index (κ2) is 12.6. The summed E-state index contributed by atoms with van der Waals surface area (Å²) in [6, 6.07) is 30.9. The summed E-state index contributed by atoms with van der Waals surface area (Å²) in [5.41, 5.74) is 7.62. The highest BCUT2D eigenvalue weighted by molar-refractivity contribution is 5.32. The molecule has 0 heterocycles. The van der Waals surface area contributed by atoms with Gasteiger partial charge in [-0.05, 0) is 102 Å². The molecule has 0 aromatic heterocycles. The Kier molecular flexibility index (Phi) is 9.25. The molecular formula is C35H46. The summed E-state index contributed by atoms with van der Waals surface area (Å²) in [6.45, 7) is 9.48. The summed E-state index contributed by atoms with van der Waals surface area (Å²) in [7, 11) is 0. The minimum absolute atomic E-state index is 0.578. The Labute approximate surface area is 215 Å². The Hall–Kier alpha value is -2.34. The topological polar surface area (TPSA) is 0 Å². The Bertz CT molecular complexity index is 998. The van der Waals surface area contributed by atoms with Gasteiger partial charge in [0.1, 0.15) is 0 Å². The van der Waals surface area contributed by atoms with Crippen molar-refractivity contribution in [2.75, 3.05) is 0 Å². The number of hydrogen-bond acceptors (Lipinski definition) is 0. The van der Waals surface area contributed by atoms with Crippen LogP contribution >= 0.6 is 0 Å². The summed E-state index contributed by atoms with van der Waals surface area (Å²) >= 11 is 0. The number of benzene rings is 3. The number of hydrogen-bond donors (Lipinski definition) is 0. The van der Waals surface area contributed by atoms with Crippen molar-refractivity contribution in [1.29, 1.82) is 0 Å². The fourth-order valence-electron chi connectivity index (χ4n) is 6.45. The van der Waals surface area contributed by atoms with Crippen molar-refractivity contribution >= 4 is 0 Å². The Morgan fingerprint density at radius 1 is 0.657 bits per heavy atom.